The fraction of sp³-hybridized carbons (Fsp3) is 0.571. The van der Waals surface area contributed by atoms with E-state index in [0.717, 1.165) is 25.2 Å². The van der Waals surface area contributed by atoms with Crippen LogP contribution in [0.15, 0.2) is 18.2 Å². The van der Waals surface area contributed by atoms with Crippen LogP contribution in [0.25, 0.3) is 0 Å². The van der Waals surface area contributed by atoms with E-state index < -0.39 is 0 Å². The highest BCUT2D eigenvalue weighted by Crippen LogP contribution is 2.17. The van der Waals surface area contributed by atoms with Crippen LogP contribution in [-0.2, 0) is 6.54 Å². The van der Waals surface area contributed by atoms with Gasteiger partial charge in [-0.05, 0) is 56.6 Å². The quantitative estimate of drug-likeness (QED) is 0.910. The molecule has 0 aromatic heterocycles. The predicted octanol–water partition coefficient (Wildman–Crippen LogP) is 2.74. The van der Waals surface area contributed by atoms with Gasteiger partial charge in [0.15, 0.2) is 0 Å². The zero-order chi connectivity index (χ0) is 12.3. The topological polar surface area (TPSA) is 15.3 Å². The number of hydrogen-bond acceptors (Lipinski definition) is 2. The Bertz CT molecular complexity index is 384. The third kappa shape index (κ3) is 3.94. The first-order valence-corrected chi connectivity index (χ1v) is 6.33. The van der Waals surface area contributed by atoms with Crippen LogP contribution in [0.4, 0.5) is 4.39 Å². The fourth-order valence-corrected chi connectivity index (χ4v) is 2.49. The summed E-state index contributed by atoms with van der Waals surface area (Å²) in [7, 11) is 2.02. The van der Waals surface area contributed by atoms with Gasteiger partial charge in [-0.2, -0.15) is 0 Å². The van der Waals surface area contributed by atoms with Crippen molar-refractivity contribution in [3.8, 4) is 0 Å². The molecule has 1 fully saturated rings. The van der Waals surface area contributed by atoms with Crippen molar-refractivity contribution in [3.63, 3.8) is 0 Å². The second-order valence-electron chi connectivity index (χ2n) is 4.93. The Labute approximate surface area is 115 Å². The molecule has 1 aromatic carbocycles. The van der Waals surface area contributed by atoms with Crippen LogP contribution in [0.2, 0.25) is 0 Å². The lowest BCUT2D eigenvalue weighted by Crippen LogP contribution is -2.43. The molecule has 1 aliphatic heterocycles. The molecule has 1 heterocycles. The lowest BCUT2D eigenvalue weighted by Gasteiger charge is -2.32. The molecule has 1 unspecified atom stereocenters. The highest BCUT2D eigenvalue weighted by Gasteiger charge is 2.18. The minimum Gasteiger partial charge on any atom is -0.316 e. The molecule has 2 rings (SSSR count). The smallest absolute Gasteiger partial charge is 0.123 e. The second kappa shape index (κ2) is 7.07. The number of nitrogens with one attached hydrogen (secondary N) is 1. The van der Waals surface area contributed by atoms with Crippen LogP contribution in [0.1, 0.15) is 24.0 Å². The van der Waals surface area contributed by atoms with Gasteiger partial charge in [0.2, 0.25) is 0 Å². The molecular weight excluding hydrogens is 251 g/mol. The normalized spacial score (nSPS) is 20.5. The first-order valence-electron chi connectivity index (χ1n) is 6.33. The Morgan fingerprint density at radius 3 is 2.94 bits per heavy atom. The molecule has 1 aliphatic rings. The summed E-state index contributed by atoms with van der Waals surface area (Å²) >= 11 is 0. The Balaban J connectivity index is 0.00000162. The fourth-order valence-electron chi connectivity index (χ4n) is 2.49. The Kier molecular flexibility index (Phi) is 6.06. The first-order chi connectivity index (χ1) is 8.19. The number of aryl methyl sites for hydroxylation is 1. The largest absolute Gasteiger partial charge is 0.316 e. The van der Waals surface area contributed by atoms with Crippen molar-refractivity contribution in [1.29, 1.82) is 0 Å². The lowest BCUT2D eigenvalue weighted by molar-refractivity contribution is 0.187. The van der Waals surface area contributed by atoms with Crippen molar-refractivity contribution >= 4 is 12.4 Å². The van der Waals surface area contributed by atoms with Crippen molar-refractivity contribution in [3.05, 3.63) is 35.1 Å². The molecule has 18 heavy (non-hydrogen) atoms. The molecule has 0 spiro atoms. The van der Waals surface area contributed by atoms with Crippen LogP contribution < -0.4 is 5.32 Å². The zero-order valence-electron chi connectivity index (χ0n) is 11.1. The van der Waals surface area contributed by atoms with Crippen molar-refractivity contribution < 1.29 is 4.39 Å². The standard InChI is InChI=1S/C14H21FN2.ClH/c1-11-5-6-13(15)8-12(11)9-17-7-3-4-14(10-17)16-2;/h5-6,8,14,16H,3-4,7,9-10H2,1-2H3;1H. The molecule has 1 aromatic rings. The van der Waals surface area contributed by atoms with Crippen molar-refractivity contribution in [2.75, 3.05) is 20.1 Å². The molecule has 4 heteroatoms. The van der Waals surface area contributed by atoms with Crippen molar-refractivity contribution in [2.24, 2.45) is 0 Å². The summed E-state index contributed by atoms with van der Waals surface area (Å²) in [6.07, 6.45) is 2.47. The first kappa shape index (κ1) is 15.4. The SMILES string of the molecule is CNC1CCCN(Cc2cc(F)ccc2C)C1.Cl. The molecular formula is C14H22ClFN2. The van der Waals surface area contributed by atoms with E-state index >= 15 is 0 Å². The van der Waals surface area contributed by atoms with E-state index in [-0.39, 0.29) is 18.2 Å². The van der Waals surface area contributed by atoms with Gasteiger partial charge in [-0.25, -0.2) is 4.39 Å². The van der Waals surface area contributed by atoms with E-state index in [1.165, 1.54) is 24.5 Å². The molecule has 1 N–H and O–H groups in total. The van der Waals surface area contributed by atoms with E-state index in [9.17, 15) is 4.39 Å². The number of piperidine rings is 1. The van der Waals surface area contributed by atoms with Crippen LogP contribution >= 0.6 is 12.4 Å². The molecule has 1 atom stereocenters. The molecule has 0 saturated carbocycles. The molecule has 102 valence electrons. The van der Waals surface area contributed by atoms with Gasteiger partial charge in [-0.1, -0.05) is 6.07 Å². The van der Waals surface area contributed by atoms with Gasteiger partial charge in [0, 0.05) is 19.1 Å². The monoisotopic (exact) mass is 272 g/mol. The van der Waals surface area contributed by atoms with Gasteiger partial charge in [-0.3, -0.25) is 4.90 Å². The van der Waals surface area contributed by atoms with E-state index in [1.807, 2.05) is 20.0 Å². The minimum atomic E-state index is -0.132. The van der Waals surface area contributed by atoms with E-state index in [2.05, 4.69) is 10.2 Å². The summed E-state index contributed by atoms with van der Waals surface area (Å²) in [6, 6.07) is 5.64. The third-order valence-corrected chi connectivity index (χ3v) is 3.62. The molecule has 0 bridgehead atoms. The highest BCUT2D eigenvalue weighted by atomic mass is 35.5. The summed E-state index contributed by atoms with van der Waals surface area (Å²) in [6.45, 7) is 5.09. The molecule has 0 radical (unpaired) electrons. The maximum Gasteiger partial charge on any atom is 0.123 e. The van der Waals surface area contributed by atoms with Gasteiger partial charge in [0.05, 0.1) is 0 Å². The zero-order valence-corrected chi connectivity index (χ0v) is 11.9. The number of rotatable bonds is 3. The Hall–Kier alpha value is -0.640. The van der Waals surface area contributed by atoms with Crippen molar-refractivity contribution in [2.45, 2.75) is 32.4 Å². The lowest BCUT2D eigenvalue weighted by atomic mass is 10.0. The van der Waals surface area contributed by atoms with Gasteiger partial charge in [0.1, 0.15) is 5.82 Å². The molecule has 0 aliphatic carbocycles. The van der Waals surface area contributed by atoms with Crippen molar-refractivity contribution in [1.82, 2.24) is 10.2 Å². The van der Waals surface area contributed by atoms with E-state index in [4.69, 9.17) is 0 Å². The highest BCUT2D eigenvalue weighted by molar-refractivity contribution is 5.85. The minimum absolute atomic E-state index is 0. The second-order valence-corrected chi connectivity index (χ2v) is 4.93. The average Bonchev–Trinajstić information content (AvgIpc) is 2.34. The Morgan fingerprint density at radius 1 is 1.44 bits per heavy atom. The number of hydrogen-bond donors (Lipinski definition) is 1. The summed E-state index contributed by atoms with van der Waals surface area (Å²) in [5, 5.41) is 3.33. The third-order valence-electron chi connectivity index (χ3n) is 3.62. The maximum atomic E-state index is 13.2. The summed E-state index contributed by atoms with van der Waals surface area (Å²) in [5.41, 5.74) is 2.29. The van der Waals surface area contributed by atoms with Crippen LogP contribution in [0.5, 0.6) is 0 Å². The summed E-state index contributed by atoms with van der Waals surface area (Å²) < 4.78 is 13.2. The number of likely N-dealkylation sites (N-methyl/N-ethyl adjacent to an activating group) is 1. The number of likely N-dealkylation sites (tertiary alicyclic amines) is 1. The number of halogens is 2. The van der Waals surface area contributed by atoms with Crippen LogP contribution in [0, 0.1) is 12.7 Å². The van der Waals surface area contributed by atoms with Crippen LogP contribution in [-0.4, -0.2) is 31.1 Å². The van der Waals surface area contributed by atoms with E-state index in [1.54, 1.807) is 6.07 Å². The van der Waals surface area contributed by atoms with Gasteiger partial charge >= 0.3 is 0 Å². The predicted molar refractivity (Wildman–Crippen MR) is 75.7 cm³/mol. The van der Waals surface area contributed by atoms with E-state index in [0.29, 0.717) is 6.04 Å². The van der Waals surface area contributed by atoms with Crippen LogP contribution in [0.3, 0.4) is 0 Å². The Morgan fingerprint density at radius 2 is 2.22 bits per heavy atom. The summed E-state index contributed by atoms with van der Waals surface area (Å²) in [4.78, 5) is 2.41. The molecule has 0 amide bonds. The molecule has 1 saturated heterocycles. The summed E-state index contributed by atoms with van der Waals surface area (Å²) in [5.74, 6) is -0.132. The number of nitrogens with zero attached hydrogens (tertiary/aromatic N) is 1. The van der Waals surface area contributed by atoms with Gasteiger partial charge in [0.25, 0.3) is 0 Å². The average molecular weight is 273 g/mol. The number of benzene rings is 1. The van der Waals surface area contributed by atoms with Gasteiger partial charge in [-0.15, -0.1) is 12.4 Å². The molecule has 2 nitrogen and oxygen atoms in total. The van der Waals surface area contributed by atoms with Gasteiger partial charge < -0.3 is 5.32 Å². The maximum absolute atomic E-state index is 13.2.